The van der Waals surface area contributed by atoms with Crippen molar-refractivity contribution >= 4 is 28.6 Å². The van der Waals surface area contributed by atoms with Crippen LogP contribution in [0.25, 0.3) is 0 Å². The molecule has 2 aliphatic heterocycles. The van der Waals surface area contributed by atoms with Crippen LogP contribution in [0.1, 0.15) is 5.56 Å². The molecule has 118 valence electrons. The lowest BCUT2D eigenvalue weighted by molar-refractivity contribution is -0.658. The van der Waals surface area contributed by atoms with Crippen LogP contribution in [-0.2, 0) is 7.05 Å². The normalized spacial score (nSPS) is 17.3. The zero-order valence-electron chi connectivity index (χ0n) is 13.8. The average Bonchev–Trinajstić information content (AvgIpc) is 3.11. The SMILES string of the molecule is Cc1cccc2c1N(c1cccc[n+]1C)C1Nc3ccccc3N21. The minimum atomic E-state index is 0.0621. The van der Waals surface area contributed by atoms with Crippen LogP contribution in [0.4, 0.5) is 28.6 Å². The highest BCUT2D eigenvalue weighted by atomic mass is 15.5. The molecule has 1 N–H and O–H groups in total. The first-order valence-electron chi connectivity index (χ1n) is 8.24. The Kier molecular flexibility index (Phi) is 2.65. The van der Waals surface area contributed by atoms with Gasteiger partial charge >= 0.3 is 0 Å². The minimum Gasteiger partial charge on any atom is -0.327 e. The molecule has 0 saturated carbocycles. The van der Waals surface area contributed by atoms with Gasteiger partial charge in [-0.05, 0) is 36.8 Å². The summed E-state index contributed by atoms with van der Waals surface area (Å²) in [5.74, 6) is 1.17. The molecule has 4 heteroatoms. The average molecular weight is 315 g/mol. The number of anilines is 5. The summed E-state index contributed by atoms with van der Waals surface area (Å²) in [5, 5.41) is 3.68. The molecule has 3 aromatic rings. The molecule has 5 rings (SSSR count). The number of pyridine rings is 1. The largest absolute Gasteiger partial charge is 0.327 e. The van der Waals surface area contributed by atoms with Gasteiger partial charge in [0.05, 0.1) is 30.3 Å². The van der Waals surface area contributed by atoms with E-state index < -0.39 is 0 Å². The zero-order valence-corrected chi connectivity index (χ0v) is 13.8. The highest BCUT2D eigenvalue weighted by Crippen LogP contribution is 2.53. The van der Waals surface area contributed by atoms with Crippen LogP contribution < -0.4 is 19.7 Å². The number of fused-ring (bicyclic) bond motifs is 5. The van der Waals surface area contributed by atoms with Crippen LogP contribution in [0.2, 0.25) is 0 Å². The predicted molar refractivity (Wildman–Crippen MR) is 96.9 cm³/mol. The van der Waals surface area contributed by atoms with E-state index in [9.17, 15) is 0 Å². The second kappa shape index (κ2) is 4.74. The molecular weight excluding hydrogens is 296 g/mol. The van der Waals surface area contributed by atoms with Gasteiger partial charge in [-0.25, -0.2) is 4.57 Å². The van der Waals surface area contributed by atoms with E-state index >= 15 is 0 Å². The van der Waals surface area contributed by atoms with Crippen LogP contribution >= 0.6 is 0 Å². The molecule has 4 nitrogen and oxygen atoms in total. The van der Waals surface area contributed by atoms with E-state index in [1.807, 2.05) is 0 Å². The Balaban J connectivity index is 1.78. The monoisotopic (exact) mass is 315 g/mol. The first kappa shape index (κ1) is 13.4. The van der Waals surface area contributed by atoms with Crippen LogP contribution in [0, 0.1) is 6.92 Å². The second-order valence-electron chi connectivity index (χ2n) is 6.39. The van der Waals surface area contributed by atoms with Gasteiger partial charge in [0.15, 0.2) is 5.69 Å². The molecule has 1 unspecified atom stereocenters. The summed E-state index contributed by atoms with van der Waals surface area (Å²) in [6.45, 7) is 2.18. The number of nitrogens with one attached hydrogen (secondary N) is 1. The van der Waals surface area contributed by atoms with E-state index in [4.69, 9.17) is 0 Å². The van der Waals surface area contributed by atoms with Crippen LogP contribution in [0.5, 0.6) is 0 Å². The minimum absolute atomic E-state index is 0.0621. The van der Waals surface area contributed by atoms with Crippen molar-refractivity contribution in [2.75, 3.05) is 15.1 Å². The van der Waals surface area contributed by atoms with E-state index in [1.165, 1.54) is 34.1 Å². The van der Waals surface area contributed by atoms with Crippen molar-refractivity contribution in [1.29, 1.82) is 0 Å². The molecule has 2 aromatic carbocycles. The molecule has 1 aromatic heterocycles. The van der Waals surface area contributed by atoms with Gasteiger partial charge in [-0.15, -0.1) is 0 Å². The topological polar surface area (TPSA) is 22.4 Å². The third kappa shape index (κ3) is 1.65. The first-order chi connectivity index (χ1) is 11.8. The van der Waals surface area contributed by atoms with E-state index in [1.54, 1.807) is 0 Å². The maximum atomic E-state index is 3.68. The third-order valence-corrected chi connectivity index (χ3v) is 4.93. The number of benzene rings is 2. The maximum Gasteiger partial charge on any atom is 0.284 e. The predicted octanol–water partition coefficient (Wildman–Crippen LogP) is 3.82. The number of nitrogens with zero attached hydrogens (tertiary/aromatic N) is 3. The van der Waals surface area contributed by atoms with Crippen molar-refractivity contribution in [2.24, 2.45) is 7.05 Å². The van der Waals surface area contributed by atoms with Crippen LogP contribution in [0.3, 0.4) is 0 Å². The van der Waals surface area contributed by atoms with Crippen molar-refractivity contribution in [3.8, 4) is 0 Å². The number of rotatable bonds is 1. The molecule has 2 aliphatic rings. The Morgan fingerprint density at radius 1 is 0.875 bits per heavy atom. The van der Waals surface area contributed by atoms with Gasteiger partial charge in [0, 0.05) is 6.07 Å². The second-order valence-corrected chi connectivity index (χ2v) is 6.39. The third-order valence-electron chi connectivity index (χ3n) is 4.93. The molecule has 1 atom stereocenters. The van der Waals surface area contributed by atoms with E-state index in [0.29, 0.717) is 0 Å². The molecule has 0 saturated heterocycles. The van der Waals surface area contributed by atoms with Crippen molar-refractivity contribution in [1.82, 2.24) is 0 Å². The molecule has 0 aliphatic carbocycles. The van der Waals surface area contributed by atoms with Gasteiger partial charge < -0.3 is 5.32 Å². The summed E-state index contributed by atoms with van der Waals surface area (Å²) in [4.78, 5) is 4.79. The summed E-state index contributed by atoms with van der Waals surface area (Å²) < 4.78 is 2.17. The van der Waals surface area contributed by atoms with Crippen molar-refractivity contribution in [2.45, 2.75) is 13.2 Å². The number of hydrogen-bond donors (Lipinski definition) is 1. The quantitative estimate of drug-likeness (QED) is 0.690. The van der Waals surface area contributed by atoms with E-state index in [-0.39, 0.29) is 6.29 Å². The van der Waals surface area contributed by atoms with Gasteiger partial charge in [0.25, 0.3) is 12.1 Å². The molecule has 0 bridgehead atoms. The Bertz CT molecular complexity index is 950. The van der Waals surface area contributed by atoms with E-state index in [2.05, 4.69) is 101 Å². The summed E-state index contributed by atoms with van der Waals surface area (Å²) >= 11 is 0. The Hall–Kier alpha value is -3.01. The lowest BCUT2D eigenvalue weighted by Crippen LogP contribution is -2.46. The van der Waals surface area contributed by atoms with Gasteiger partial charge in [0.2, 0.25) is 0 Å². The first-order valence-corrected chi connectivity index (χ1v) is 8.24. The molecule has 0 fully saturated rings. The highest BCUT2D eigenvalue weighted by molar-refractivity contribution is 5.96. The smallest absolute Gasteiger partial charge is 0.284 e. The van der Waals surface area contributed by atoms with Gasteiger partial charge in [-0.3, -0.25) is 4.90 Å². The lowest BCUT2D eigenvalue weighted by atomic mass is 10.1. The molecule has 0 spiro atoms. The molecule has 0 radical (unpaired) electrons. The van der Waals surface area contributed by atoms with Crippen molar-refractivity contribution in [3.05, 3.63) is 72.4 Å². The van der Waals surface area contributed by atoms with Crippen LogP contribution in [-0.4, -0.2) is 6.29 Å². The summed E-state index contributed by atoms with van der Waals surface area (Å²) in [6.07, 6.45) is 2.16. The zero-order chi connectivity index (χ0) is 16.3. The summed E-state index contributed by atoms with van der Waals surface area (Å²) in [7, 11) is 2.10. The fraction of sp³-hybridized carbons (Fsp3) is 0.150. The van der Waals surface area contributed by atoms with Gasteiger partial charge in [0.1, 0.15) is 0 Å². The Labute approximate surface area is 141 Å². The standard InChI is InChI=1S/C20H19N4/c1-14-8-7-11-17-19(14)24(18-12-5-6-13-22(18)2)20-21-15-9-3-4-10-16(15)23(17)20/h3-13,20-21H,1-2H3/q+1. The maximum absolute atomic E-state index is 3.68. The van der Waals surface area contributed by atoms with E-state index in [0.717, 1.165) is 0 Å². The molecule has 24 heavy (non-hydrogen) atoms. The van der Waals surface area contributed by atoms with Gasteiger partial charge in [-0.1, -0.05) is 30.3 Å². The number of aryl methyl sites for hydroxylation is 2. The lowest BCUT2D eigenvalue weighted by Gasteiger charge is -2.21. The van der Waals surface area contributed by atoms with Crippen molar-refractivity contribution in [3.63, 3.8) is 0 Å². The number of para-hydroxylation sites is 3. The molecule has 0 amide bonds. The molecule has 3 heterocycles. The number of hydrogen-bond acceptors (Lipinski definition) is 3. The number of aromatic nitrogens is 1. The Morgan fingerprint density at radius 3 is 2.54 bits per heavy atom. The van der Waals surface area contributed by atoms with Gasteiger partial charge in [-0.2, -0.15) is 4.90 Å². The summed E-state index contributed by atoms with van der Waals surface area (Å²) in [6, 6.07) is 21.4. The van der Waals surface area contributed by atoms with Crippen LogP contribution in [0.15, 0.2) is 66.9 Å². The fourth-order valence-corrected chi connectivity index (χ4v) is 3.86. The summed E-state index contributed by atoms with van der Waals surface area (Å²) in [5.41, 5.74) is 6.21. The highest BCUT2D eigenvalue weighted by Gasteiger charge is 2.49. The molecular formula is C20H19N4+. The van der Waals surface area contributed by atoms with Crippen molar-refractivity contribution < 1.29 is 4.57 Å². The fourth-order valence-electron chi connectivity index (χ4n) is 3.86. The Morgan fingerprint density at radius 2 is 1.67 bits per heavy atom.